The molecule has 0 aliphatic rings. The first-order valence-corrected chi connectivity index (χ1v) is 11.3. The molecule has 0 radical (unpaired) electrons. The first-order chi connectivity index (χ1) is 16.0. The summed E-state index contributed by atoms with van der Waals surface area (Å²) in [5, 5.41) is 14.4. The predicted molar refractivity (Wildman–Crippen MR) is 127 cm³/mol. The summed E-state index contributed by atoms with van der Waals surface area (Å²) in [7, 11) is 0. The number of hydrogen-bond donors (Lipinski definition) is 2. The average Bonchev–Trinajstić information content (AvgIpc) is 3.51. The van der Waals surface area contributed by atoms with E-state index in [0.29, 0.717) is 17.4 Å². The Balaban J connectivity index is 1.27. The summed E-state index contributed by atoms with van der Waals surface area (Å²) in [6.45, 7) is 4.51. The van der Waals surface area contributed by atoms with E-state index in [0.717, 1.165) is 11.3 Å². The summed E-state index contributed by atoms with van der Waals surface area (Å²) >= 11 is 1.33. The quantitative estimate of drug-likeness (QED) is 0.383. The maximum Gasteiger partial charge on any atom is 0.291 e. The van der Waals surface area contributed by atoms with Gasteiger partial charge in [0.05, 0.1) is 12.0 Å². The Morgan fingerprint density at radius 3 is 2.61 bits per heavy atom. The smallest absolute Gasteiger partial charge is 0.291 e. The Hall–Kier alpha value is -3.85. The minimum Gasteiger partial charge on any atom is -0.459 e. The standard InChI is InChI=1S/C24H23N5O3S/c1-16-5-10-20(12-17(16)2)29-15-26-28-24(29)33-14-22(30)25-13-18-6-8-19(9-7-18)27-23(31)21-4-3-11-32-21/h3-12,15H,13-14H2,1-2H3,(H,25,30)(H,27,31). The molecule has 2 amide bonds. The molecule has 2 aromatic carbocycles. The van der Waals surface area contributed by atoms with Crippen LogP contribution in [-0.4, -0.2) is 32.3 Å². The fourth-order valence-corrected chi connectivity index (χ4v) is 3.82. The number of nitrogens with zero attached hydrogens (tertiary/aromatic N) is 3. The summed E-state index contributed by atoms with van der Waals surface area (Å²) in [6.07, 6.45) is 3.10. The number of carbonyl (C=O) groups excluding carboxylic acids is 2. The van der Waals surface area contributed by atoms with Crippen LogP contribution in [0.5, 0.6) is 0 Å². The number of benzene rings is 2. The van der Waals surface area contributed by atoms with Crippen molar-refractivity contribution in [3.8, 4) is 5.69 Å². The summed E-state index contributed by atoms with van der Waals surface area (Å²) in [4.78, 5) is 24.4. The molecule has 2 heterocycles. The average molecular weight is 462 g/mol. The molecule has 0 atom stereocenters. The molecule has 4 rings (SSSR count). The van der Waals surface area contributed by atoms with Crippen molar-refractivity contribution in [3.05, 3.63) is 89.6 Å². The Morgan fingerprint density at radius 1 is 1.06 bits per heavy atom. The van der Waals surface area contributed by atoms with Gasteiger partial charge in [0.25, 0.3) is 5.91 Å². The van der Waals surface area contributed by atoms with Crippen LogP contribution in [0.25, 0.3) is 5.69 Å². The lowest BCUT2D eigenvalue weighted by Gasteiger charge is -2.09. The van der Waals surface area contributed by atoms with E-state index in [4.69, 9.17) is 4.42 Å². The molecule has 0 bridgehead atoms. The molecular formula is C24H23N5O3S. The van der Waals surface area contributed by atoms with Crippen molar-refractivity contribution in [1.29, 1.82) is 0 Å². The summed E-state index contributed by atoms with van der Waals surface area (Å²) < 4.78 is 6.95. The molecule has 33 heavy (non-hydrogen) atoms. The van der Waals surface area contributed by atoms with E-state index in [2.05, 4.69) is 46.8 Å². The molecule has 0 aliphatic carbocycles. The van der Waals surface area contributed by atoms with Crippen LogP contribution in [0.1, 0.15) is 27.2 Å². The highest BCUT2D eigenvalue weighted by Gasteiger charge is 2.11. The number of amides is 2. The largest absolute Gasteiger partial charge is 0.459 e. The van der Waals surface area contributed by atoms with Gasteiger partial charge in [0.2, 0.25) is 5.91 Å². The van der Waals surface area contributed by atoms with Crippen LogP contribution in [0.15, 0.2) is 76.8 Å². The highest BCUT2D eigenvalue weighted by Crippen LogP contribution is 2.21. The molecule has 9 heteroatoms. The first-order valence-electron chi connectivity index (χ1n) is 10.3. The van der Waals surface area contributed by atoms with E-state index in [1.807, 2.05) is 22.8 Å². The van der Waals surface area contributed by atoms with Gasteiger partial charge in [-0.3, -0.25) is 14.2 Å². The van der Waals surface area contributed by atoms with Gasteiger partial charge < -0.3 is 15.1 Å². The van der Waals surface area contributed by atoms with Crippen LogP contribution in [0.4, 0.5) is 5.69 Å². The van der Waals surface area contributed by atoms with Crippen LogP contribution in [-0.2, 0) is 11.3 Å². The second-order valence-corrected chi connectivity index (χ2v) is 8.39. The Morgan fingerprint density at radius 2 is 1.88 bits per heavy atom. The van der Waals surface area contributed by atoms with Crippen LogP contribution in [0.2, 0.25) is 0 Å². The zero-order valence-electron chi connectivity index (χ0n) is 18.2. The summed E-state index contributed by atoms with van der Waals surface area (Å²) in [5.41, 5.74) is 4.93. The maximum atomic E-state index is 12.3. The number of carbonyl (C=O) groups is 2. The SMILES string of the molecule is Cc1ccc(-n2cnnc2SCC(=O)NCc2ccc(NC(=O)c3ccco3)cc2)cc1C. The van der Waals surface area contributed by atoms with E-state index < -0.39 is 0 Å². The molecule has 0 fully saturated rings. The second kappa shape index (κ2) is 10.2. The van der Waals surface area contributed by atoms with Crippen molar-refractivity contribution in [2.45, 2.75) is 25.5 Å². The van der Waals surface area contributed by atoms with Crippen LogP contribution in [0.3, 0.4) is 0 Å². The van der Waals surface area contributed by atoms with Crippen molar-refractivity contribution >= 4 is 29.3 Å². The lowest BCUT2D eigenvalue weighted by atomic mass is 10.1. The third kappa shape index (κ3) is 5.69. The number of furan rings is 1. The third-order valence-electron chi connectivity index (χ3n) is 5.06. The fourth-order valence-electron chi connectivity index (χ4n) is 3.06. The monoisotopic (exact) mass is 461 g/mol. The molecule has 2 aromatic heterocycles. The Kier molecular flexibility index (Phi) is 6.89. The minimum atomic E-state index is -0.313. The van der Waals surface area contributed by atoms with Crippen molar-refractivity contribution in [3.63, 3.8) is 0 Å². The van der Waals surface area contributed by atoms with Crippen molar-refractivity contribution in [2.75, 3.05) is 11.1 Å². The number of hydrogen-bond acceptors (Lipinski definition) is 6. The van der Waals surface area contributed by atoms with Crippen molar-refractivity contribution in [2.24, 2.45) is 0 Å². The molecule has 2 N–H and O–H groups in total. The number of aryl methyl sites for hydroxylation is 2. The van der Waals surface area contributed by atoms with Gasteiger partial charge in [0.15, 0.2) is 10.9 Å². The molecule has 8 nitrogen and oxygen atoms in total. The minimum absolute atomic E-state index is 0.107. The second-order valence-electron chi connectivity index (χ2n) is 7.45. The zero-order valence-corrected chi connectivity index (χ0v) is 19.1. The predicted octanol–water partition coefficient (Wildman–Crippen LogP) is 4.14. The van der Waals surface area contributed by atoms with E-state index in [1.54, 1.807) is 30.6 Å². The number of rotatable bonds is 8. The molecule has 0 saturated heterocycles. The van der Waals surface area contributed by atoms with Crippen molar-refractivity contribution in [1.82, 2.24) is 20.1 Å². The van der Waals surface area contributed by atoms with Gasteiger partial charge in [-0.25, -0.2) is 0 Å². The molecule has 0 aliphatic heterocycles. The molecule has 0 spiro atoms. The number of nitrogens with one attached hydrogen (secondary N) is 2. The Bertz CT molecular complexity index is 1250. The van der Waals surface area contributed by atoms with Gasteiger partial charge in [-0.1, -0.05) is 30.0 Å². The first kappa shape index (κ1) is 22.3. The zero-order chi connectivity index (χ0) is 23.2. The van der Waals surface area contributed by atoms with Gasteiger partial charge in [-0.15, -0.1) is 10.2 Å². The number of thioether (sulfide) groups is 1. The van der Waals surface area contributed by atoms with Crippen molar-refractivity contribution < 1.29 is 14.0 Å². The van der Waals surface area contributed by atoms with Crippen LogP contribution >= 0.6 is 11.8 Å². The molecule has 4 aromatic rings. The van der Waals surface area contributed by atoms with E-state index in [1.165, 1.54) is 29.2 Å². The Labute approximate surface area is 195 Å². The van der Waals surface area contributed by atoms with E-state index in [9.17, 15) is 9.59 Å². The fraction of sp³-hybridized carbons (Fsp3) is 0.167. The van der Waals surface area contributed by atoms with E-state index in [-0.39, 0.29) is 23.3 Å². The van der Waals surface area contributed by atoms with E-state index >= 15 is 0 Å². The molecular weight excluding hydrogens is 438 g/mol. The van der Waals surface area contributed by atoms with Gasteiger partial charge in [0, 0.05) is 17.9 Å². The highest BCUT2D eigenvalue weighted by atomic mass is 32.2. The lowest BCUT2D eigenvalue weighted by Crippen LogP contribution is -2.24. The topological polar surface area (TPSA) is 102 Å². The van der Waals surface area contributed by atoms with Gasteiger partial charge in [-0.05, 0) is 66.9 Å². The van der Waals surface area contributed by atoms with Crippen LogP contribution < -0.4 is 10.6 Å². The number of anilines is 1. The maximum absolute atomic E-state index is 12.3. The summed E-state index contributed by atoms with van der Waals surface area (Å²) in [5.74, 6) is 0.0506. The van der Waals surface area contributed by atoms with Crippen LogP contribution in [0, 0.1) is 13.8 Å². The molecule has 0 unspecified atom stereocenters. The van der Waals surface area contributed by atoms with Gasteiger partial charge in [0.1, 0.15) is 6.33 Å². The molecule has 0 saturated carbocycles. The molecule has 168 valence electrons. The van der Waals surface area contributed by atoms with Gasteiger partial charge in [-0.2, -0.15) is 0 Å². The third-order valence-corrected chi connectivity index (χ3v) is 6.01. The number of aromatic nitrogens is 3. The normalized spacial score (nSPS) is 10.7. The van der Waals surface area contributed by atoms with Gasteiger partial charge >= 0.3 is 0 Å². The highest BCUT2D eigenvalue weighted by molar-refractivity contribution is 7.99. The summed E-state index contributed by atoms with van der Waals surface area (Å²) in [6, 6.07) is 16.7. The lowest BCUT2D eigenvalue weighted by molar-refractivity contribution is -0.118.